The van der Waals surface area contributed by atoms with E-state index < -0.39 is 0 Å². The van der Waals surface area contributed by atoms with Crippen molar-refractivity contribution in [2.24, 2.45) is 0 Å². The monoisotopic (exact) mass is 235 g/mol. The van der Waals surface area contributed by atoms with E-state index in [0.717, 1.165) is 29.4 Å². The number of fused-ring (bicyclic) bond motifs is 1. The molecule has 2 heterocycles. The number of aromatic nitrogens is 2. The molecule has 1 fully saturated rings. The van der Waals surface area contributed by atoms with Gasteiger partial charge in [0.25, 0.3) is 0 Å². The molecule has 1 N–H and O–H groups in total. The van der Waals surface area contributed by atoms with E-state index in [1.807, 2.05) is 18.2 Å². The number of aromatic amines is 1. The molecule has 0 bridgehead atoms. The van der Waals surface area contributed by atoms with Gasteiger partial charge in [0.1, 0.15) is 0 Å². The summed E-state index contributed by atoms with van der Waals surface area (Å²) in [6, 6.07) is 5.90. The molecule has 0 radical (unpaired) electrons. The van der Waals surface area contributed by atoms with Crippen LogP contribution >= 0.6 is 11.6 Å². The molecule has 0 spiro atoms. The maximum Gasteiger partial charge on any atom is 0.158 e. The largest absolute Gasteiger partial charge is 0.355 e. The molecular weight excluding hydrogens is 222 g/mol. The Balaban J connectivity index is 2.03. The number of H-pyrrole nitrogens is 1. The molecule has 0 amide bonds. The lowest BCUT2D eigenvalue weighted by Crippen LogP contribution is -2.29. The number of nitrogens with one attached hydrogen (secondary N) is 1. The zero-order valence-electron chi connectivity index (χ0n) is 9.04. The van der Waals surface area contributed by atoms with Crippen molar-refractivity contribution < 1.29 is 0 Å². The zero-order valence-corrected chi connectivity index (χ0v) is 9.80. The highest BCUT2D eigenvalue weighted by Crippen LogP contribution is 2.28. The number of benzene rings is 1. The fourth-order valence-electron chi connectivity index (χ4n) is 2.32. The van der Waals surface area contributed by atoms with Gasteiger partial charge in [-0.15, -0.1) is 0 Å². The van der Waals surface area contributed by atoms with Crippen LogP contribution in [0.2, 0.25) is 5.02 Å². The fraction of sp³-hybridized carbons (Fsp3) is 0.417. The lowest BCUT2D eigenvalue weighted by molar-refractivity contribution is 0.574. The highest BCUT2D eigenvalue weighted by molar-refractivity contribution is 6.31. The summed E-state index contributed by atoms with van der Waals surface area (Å²) in [6.45, 7) is 2.23. The summed E-state index contributed by atoms with van der Waals surface area (Å²) in [4.78, 5) is 2.36. The van der Waals surface area contributed by atoms with E-state index in [4.69, 9.17) is 11.6 Å². The number of halogens is 1. The Morgan fingerprint density at radius 2 is 2.00 bits per heavy atom. The lowest BCUT2D eigenvalue weighted by Gasteiger charge is -2.26. The van der Waals surface area contributed by atoms with Gasteiger partial charge in [-0.1, -0.05) is 11.6 Å². The number of anilines is 1. The van der Waals surface area contributed by atoms with Gasteiger partial charge in [-0.2, -0.15) is 5.10 Å². The summed E-state index contributed by atoms with van der Waals surface area (Å²) in [7, 11) is 0. The van der Waals surface area contributed by atoms with Crippen molar-refractivity contribution in [1.29, 1.82) is 0 Å². The first-order chi connectivity index (χ1) is 7.84. The maximum atomic E-state index is 5.95. The molecule has 3 nitrogen and oxygen atoms in total. The van der Waals surface area contributed by atoms with E-state index in [-0.39, 0.29) is 0 Å². The van der Waals surface area contributed by atoms with Gasteiger partial charge in [-0.05, 0) is 37.5 Å². The molecular formula is C12H14ClN3. The van der Waals surface area contributed by atoms with Crippen molar-refractivity contribution >= 4 is 28.3 Å². The van der Waals surface area contributed by atoms with Crippen LogP contribution in [-0.2, 0) is 0 Å². The van der Waals surface area contributed by atoms with Crippen LogP contribution in [0.3, 0.4) is 0 Å². The normalized spacial score (nSPS) is 16.9. The quantitative estimate of drug-likeness (QED) is 0.823. The van der Waals surface area contributed by atoms with E-state index in [9.17, 15) is 0 Å². The second kappa shape index (κ2) is 3.98. The Kier molecular flexibility index (Phi) is 2.48. The molecule has 84 valence electrons. The fourth-order valence-corrected chi connectivity index (χ4v) is 2.50. The molecule has 1 aliphatic heterocycles. The van der Waals surface area contributed by atoms with Crippen molar-refractivity contribution in [3.63, 3.8) is 0 Å². The van der Waals surface area contributed by atoms with Gasteiger partial charge in [0, 0.05) is 23.5 Å². The average Bonchev–Trinajstić information content (AvgIpc) is 2.73. The molecule has 0 aliphatic carbocycles. The number of piperidine rings is 1. The van der Waals surface area contributed by atoms with Gasteiger partial charge in [0.2, 0.25) is 0 Å². The Hall–Kier alpha value is -1.22. The molecule has 1 saturated heterocycles. The summed E-state index contributed by atoms with van der Waals surface area (Å²) in [6.07, 6.45) is 3.87. The third-order valence-corrected chi connectivity index (χ3v) is 3.40. The van der Waals surface area contributed by atoms with Crippen LogP contribution in [0.1, 0.15) is 19.3 Å². The van der Waals surface area contributed by atoms with Gasteiger partial charge in [0.05, 0.1) is 5.52 Å². The molecule has 16 heavy (non-hydrogen) atoms. The number of hydrogen-bond acceptors (Lipinski definition) is 2. The first-order valence-electron chi connectivity index (χ1n) is 5.73. The Morgan fingerprint density at radius 3 is 2.81 bits per heavy atom. The molecule has 1 aromatic carbocycles. The lowest BCUT2D eigenvalue weighted by atomic mass is 10.1. The predicted molar refractivity (Wildman–Crippen MR) is 67.2 cm³/mol. The molecule has 0 unspecified atom stereocenters. The first kappa shape index (κ1) is 9.97. The van der Waals surface area contributed by atoms with Gasteiger partial charge in [-0.25, -0.2) is 0 Å². The molecule has 1 aromatic heterocycles. The first-order valence-corrected chi connectivity index (χ1v) is 6.11. The van der Waals surface area contributed by atoms with Crippen LogP contribution in [-0.4, -0.2) is 23.3 Å². The van der Waals surface area contributed by atoms with Crippen molar-refractivity contribution in [2.75, 3.05) is 18.0 Å². The molecule has 0 atom stereocenters. The summed E-state index contributed by atoms with van der Waals surface area (Å²) in [5.74, 6) is 1.08. The second-order valence-corrected chi connectivity index (χ2v) is 4.72. The summed E-state index contributed by atoms with van der Waals surface area (Å²) in [5, 5.41) is 9.38. The highest BCUT2D eigenvalue weighted by Gasteiger charge is 2.16. The van der Waals surface area contributed by atoms with Gasteiger partial charge < -0.3 is 4.90 Å². The number of nitrogens with zero attached hydrogens (tertiary/aromatic N) is 2. The minimum absolute atomic E-state index is 0.751. The number of hydrogen-bond donors (Lipinski definition) is 1. The maximum absolute atomic E-state index is 5.95. The van der Waals surface area contributed by atoms with E-state index in [0.29, 0.717) is 0 Å². The van der Waals surface area contributed by atoms with Crippen molar-refractivity contribution in [3.8, 4) is 0 Å². The van der Waals surface area contributed by atoms with Crippen LogP contribution < -0.4 is 4.90 Å². The third-order valence-electron chi connectivity index (χ3n) is 3.16. The van der Waals surface area contributed by atoms with Gasteiger partial charge in [-0.3, -0.25) is 5.10 Å². The SMILES string of the molecule is Clc1ccc2c(N3CCCCC3)n[nH]c2c1. The Labute approximate surface area is 99.4 Å². The summed E-state index contributed by atoms with van der Waals surface area (Å²) < 4.78 is 0. The number of rotatable bonds is 1. The van der Waals surface area contributed by atoms with Crippen molar-refractivity contribution in [2.45, 2.75) is 19.3 Å². The predicted octanol–water partition coefficient (Wildman–Crippen LogP) is 3.21. The van der Waals surface area contributed by atoms with Crippen LogP contribution in [0.4, 0.5) is 5.82 Å². The smallest absolute Gasteiger partial charge is 0.158 e. The summed E-state index contributed by atoms with van der Waals surface area (Å²) in [5.41, 5.74) is 1.02. The molecule has 4 heteroatoms. The van der Waals surface area contributed by atoms with Crippen molar-refractivity contribution in [1.82, 2.24) is 10.2 Å². The molecule has 1 aliphatic rings. The van der Waals surface area contributed by atoms with E-state index >= 15 is 0 Å². The van der Waals surface area contributed by atoms with Gasteiger partial charge >= 0.3 is 0 Å². The van der Waals surface area contributed by atoms with Gasteiger partial charge in [0.15, 0.2) is 5.82 Å². The van der Waals surface area contributed by atoms with Crippen LogP contribution in [0.25, 0.3) is 10.9 Å². The van der Waals surface area contributed by atoms with E-state index in [2.05, 4.69) is 15.1 Å². The highest BCUT2D eigenvalue weighted by atomic mass is 35.5. The topological polar surface area (TPSA) is 31.9 Å². The van der Waals surface area contributed by atoms with E-state index in [1.165, 1.54) is 24.6 Å². The minimum Gasteiger partial charge on any atom is -0.355 e. The van der Waals surface area contributed by atoms with Crippen LogP contribution in [0, 0.1) is 0 Å². The zero-order chi connectivity index (χ0) is 11.0. The van der Waals surface area contributed by atoms with E-state index in [1.54, 1.807) is 0 Å². The minimum atomic E-state index is 0.751. The standard InChI is InChI=1S/C12H14ClN3/c13-9-4-5-10-11(8-9)14-15-12(10)16-6-2-1-3-7-16/h4-5,8H,1-3,6-7H2,(H,14,15). The molecule has 0 saturated carbocycles. The van der Waals surface area contributed by atoms with Crippen LogP contribution in [0.15, 0.2) is 18.2 Å². The Bertz CT molecular complexity index is 500. The van der Waals surface area contributed by atoms with Crippen LogP contribution in [0.5, 0.6) is 0 Å². The second-order valence-electron chi connectivity index (χ2n) is 4.28. The molecule has 3 rings (SSSR count). The molecule has 2 aromatic rings. The summed E-state index contributed by atoms with van der Waals surface area (Å²) >= 11 is 5.95. The average molecular weight is 236 g/mol. The Morgan fingerprint density at radius 1 is 1.19 bits per heavy atom. The third kappa shape index (κ3) is 1.65. The van der Waals surface area contributed by atoms with Crippen molar-refractivity contribution in [3.05, 3.63) is 23.2 Å².